The molecule has 0 aliphatic carbocycles. The Kier molecular flexibility index (Phi) is 3.90. The van der Waals surface area contributed by atoms with Gasteiger partial charge >= 0.3 is 0 Å². The number of carbonyl (C=O) groups excluding carboxylic acids is 1. The minimum atomic E-state index is -0.110. The molecular weight excluding hydrogens is 327 g/mol. The lowest BCUT2D eigenvalue weighted by Crippen LogP contribution is -2.02. The summed E-state index contributed by atoms with van der Waals surface area (Å²) in [5, 5.41) is 3.11. The van der Waals surface area contributed by atoms with E-state index in [2.05, 4.69) is 0 Å². The van der Waals surface area contributed by atoms with Crippen molar-refractivity contribution in [3.05, 3.63) is 80.8 Å². The number of halogens is 3. The van der Waals surface area contributed by atoms with Crippen LogP contribution in [0.5, 0.6) is 0 Å². The highest BCUT2D eigenvalue weighted by Crippen LogP contribution is 2.33. The van der Waals surface area contributed by atoms with Crippen LogP contribution in [0.1, 0.15) is 15.9 Å². The van der Waals surface area contributed by atoms with E-state index in [-0.39, 0.29) is 5.78 Å². The van der Waals surface area contributed by atoms with Gasteiger partial charge in [-0.1, -0.05) is 53.0 Å². The van der Waals surface area contributed by atoms with Crippen molar-refractivity contribution in [1.82, 2.24) is 0 Å². The predicted molar refractivity (Wildman–Crippen MR) is 88.9 cm³/mol. The first-order valence-corrected chi connectivity index (χ1v) is 7.38. The maximum Gasteiger partial charge on any atom is 0.193 e. The summed E-state index contributed by atoms with van der Waals surface area (Å²) in [6.45, 7) is 0. The number of hydrogen-bond donors (Lipinski definition) is 0. The second kappa shape index (κ2) is 5.69. The molecular formula is C17H9Cl3O. The van der Waals surface area contributed by atoms with E-state index in [1.54, 1.807) is 48.5 Å². The molecule has 21 heavy (non-hydrogen) atoms. The molecule has 104 valence electrons. The number of hydrogen-bond acceptors (Lipinski definition) is 1. The van der Waals surface area contributed by atoms with Crippen molar-refractivity contribution in [2.45, 2.75) is 0 Å². The van der Waals surface area contributed by atoms with Crippen LogP contribution < -0.4 is 0 Å². The van der Waals surface area contributed by atoms with Crippen LogP contribution in [0.15, 0.2) is 54.6 Å². The Labute approximate surface area is 137 Å². The smallest absolute Gasteiger partial charge is 0.193 e. The molecule has 0 aromatic heterocycles. The molecule has 3 aromatic carbocycles. The molecule has 3 aromatic rings. The van der Waals surface area contributed by atoms with Gasteiger partial charge in [-0.25, -0.2) is 0 Å². The van der Waals surface area contributed by atoms with Crippen molar-refractivity contribution in [2.75, 3.05) is 0 Å². The predicted octanol–water partition coefficient (Wildman–Crippen LogP) is 6.03. The van der Waals surface area contributed by atoms with E-state index in [1.807, 2.05) is 6.07 Å². The van der Waals surface area contributed by atoms with Crippen LogP contribution in [0, 0.1) is 0 Å². The summed E-state index contributed by atoms with van der Waals surface area (Å²) in [6, 6.07) is 15.6. The normalized spacial score (nSPS) is 10.8. The monoisotopic (exact) mass is 334 g/mol. The van der Waals surface area contributed by atoms with Gasteiger partial charge in [0.15, 0.2) is 5.78 Å². The third-order valence-electron chi connectivity index (χ3n) is 3.29. The third-order valence-corrected chi connectivity index (χ3v) is 4.18. The van der Waals surface area contributed by atoms with Crippen LogP contribution in [0.3, 0.4) is 0 Å². The fourth-order valence-electron chi connectivity index (χ4n) is 2.27. The van der Waals surface area contributed by atoms with Gasteiger partial charge in [-0.2, -0.15) is 0 Å². The van der Waals surface area contributed by atoms with Crippen molar-refractivity contribution >= 4 is 51.4 Å². The van der Waals surface area contributed by atoms with E-state index in [4.69, 9.17) is 34.8 Å². The van der Waals surface area contributed by atoms with Crippen molar-refractivity contribution in [3.63, 3.8) is 0 Å². The Morgan fingerprint density at radius 1 is 0.762 bits per heavy atom. The topological polar surface area (TPSA) is 17.1 Å². The maximum atomic E-state index is 12.7. The zero-order chi connectivity index (χ0) is 15.0. The van der Waals surface area contributed by atoms with Crippen molar-refractivity contribution in [3.8, 4) is 0 Å². The van der Waals surface area contributed by atoms with E-state index in [1.165, 1.54) is 0 Å². The van der Waals surface area contributed by atoms with Crippen LogP contribution >= 0.6 is 34.8 Å². The molecule has 0 spiro atoms. The second-order valence-corrected chi connectivity index (χ2v) is 5.84. The summed E-state index contributed by atoms with van der Waals surface area (Å²) in [6.07, 6.45) is 0. The first-order valence-electron chi connectivity index (χ1n) is 6.25. The number of benzene rings is 3. The van der Waals surface area contributed by atoms with Crippen LogP contribution in [-0.2, 0) is 0 Å². The molecule has 1 nitrogen and oxygen atoms in total. The van der Waals surface area contributed by atoms with Gasteiger partial charge in [0.25, 0.3) is 0 Å². The Morgan fingerprint density at radius 2 is 1.43 bits per heavy atom. The molecule has 0 saturated heterocycles. The van der Waals surface area contributed by atoms with Gasteiger partial charge in [0.05, 0.1) is 0 Å². The SMILES string of the molecule is O=C(c1ccc(Cl)cc1)c1cccc2c(Cl)ccc(Cl)c12. The van der Waals surface area contributed by atoms with Gasteiger partial charge in [-0.3, -0.25) is 4.79 Å². The first kappa shape index (κ1) is 14.4. The van der Waals surface area contributed by atoms with Crippen LogP contribution in [0.2, 0.25) is 15.1 Å². The second-order valence-electron chi connectivity index (χ2n) is 4.59. The van der Waals surface area contributed by atoms with Gasteiger partial charge < -0.3 is 0 Å². The summed E-state index contributed by atoms with van der Waals surface area (Å²) in [4.78, 5) is 12.7. The molecule has 0 N–H and O–H groups in total. The first-order chi connectivity index (χ1) is 10.1. The lowest BCUT2D eigenvalue weighted by Gasteiger charge is -2.09. The lowest BCUT2D eigenvalue weighted by molar-refractivity contribution is 0.104. The summed E-state index contributed by atoms with van der Waals surface area (Å²) >= 11 is 18.3. The van der Waals surface area contributed by atoms with Crippen LogP contribution in [-0.4, -0.2) is 5.78 Å². The van der Waals surface area contributed by atoms with Gasteiger partial charge in [-0.15, -0.1) is 0 Å². The lowest BCUT2D eigenvalue weighted by atomic mass is 9.97. The molecule has 3 rings (SSSR count). The van der Waals surface area contributed by atoms with E-state index >= 15 is 0 Å². The molecule has 0 aliphatic heterocycles. The van der Waals surface area contributed by atoms with E-state index in [9.17, 15) is 4.79 Å². The van der Waals surface area contributed by atoms with Crippen molar-refractivity contribution in [1.29, 1.82) is 0 Å². The van der Waals surface area contributed by atoms with Crippen molar-refractivity contribution in [2.24, 2.45) is 0 Å². The molecule has 0 atom stereocenters. The van der Waals surface area contributed by atoms with E-state index in [0.717, 1.165) is 5.39 Å². The molecule has 0 radical (unpaired) electrons. The number of rotatable bonds is 2. The number of fused-ring (bicyclic) bond motifs is 1. The van der Waals surface area contributed by atoms with E-state index < -0.39 is 0 Å². The summed E-state index contributed by atoms with van der Waals surface area (Å²) in [5.74, 6) is -0.110. The van der Waals surface area contributed by atoms with E-state index in [0.29, 0.717) is 31.6 Å². The zero-order valence-electron chi connectivity index (χ0n) is 10.7. The molecule has 0 fully saturated rings. The average Bonchev–Trinajstić information content (AvgIpc) is 2.50. The molecule has 4 heteroatoms. The Bertz CT molecular complexity index is 839. The number of ketones is 1. The largest absolute Gasteiger partial charge is 0.289 e. The zero-order valence-corrected chi connectivity index (χ0v) is 13.0. The van der Waals surface area contributed by atoms with Gasteiger partial charge in [-0.05, 0) is 36.4 Å². The highest BCUT2D eigenvalue weighted by atomic mass is 35.5. The van der Waals surface area contributed by atoms with Gasteiger partial charge in [0.2, 0.25) is 0 Å². The molecule has 0 aliphatic rings. The minimum Gasteiger partial charge on any atom is -0.289 e. The van der Waals surface area contributed by atoms with Crippen LogP contribution in [0.25, 0.3) is 10.8 Å². The molecule has 0 unspecified atom stereocenters. The molecule has 0 saturated carbocycles. The molecule has 0 amide bonds. The maximum absolute atomic E-state index is 12.7. The quantitative estimate of drug-likeness (QED) is 0.522. The fourth-order valence-corrected chi connectivity index (χ4v) is 2.89. The molecule has 0 heterocycles. The Morgan fingerprint density at radius 3 is 2.14 bits per heavy atom. The standard InChI is InChI=1S/C17H9Cl3O/c18-11-6-4-10(5-7-11)17(21)13-3-1-2-12-14(19)8-9-15(20)16(12)13/h1-9H. The third kappa shape index (κ3) is 2.65. The van der Waals surface area contributed by atoms with Crippen LogP contribution in [0.4, 0.5) is 0 Å². The number of carbonyl (C=O) groups is 1. The Hall–Kier alpha value is -1.54. The molecule has 0 bridgehead atoms. The minimum absolute atomic E-state index is 0.110. The summed E-state index contributed by atoms with van der Waals surface area (Å²) in [7, 11) is 0. The highest BCUT2D eigenvalue weighted by molar-refractivity contribution is 6.42. The average molecular weight is 336 g/mol. The fraction of sp³-hybridized carbons (Fsp3) is 0. The highest BCUT2D eigenvalue weighted by Gasteiger charge is 2.15. The Balaban J connectivity index is 2.23. The van der Waals surface area contributed by atoms with Crippen molar-refractivity contribution < 1.29 is 4.79 Å². The summed E-state index contributed by atoms with van der Waals surface area (Å²) in [5.41, 5.74) is 1.09. The van der Waals surface area contributed by atoms with Gasteiger partial charge in [0, 0.05) is 37.0 Å². The summed E-state index contributed by atoms with van der Waals surface area (Å²) < 4.78 is 0. The van der Waals surface area contributed by atoms with Gasteiger partial charge in [0.1, 0.15) is 0 Å².